The van der Waals surface area contributed by atoms with Gasteiger partial charge in [0.05, 0.1) is 0 Å². The summed E-state index contributed by atoms with van der Waals surface area (Å²) in [5.41, 5.74) is 9.20. The largest absolute Gasteiger partial charge is 0.370 e. The van der Waals surface area contributed by atoms with Crippen LogP contribution in [0.15, 0.2) is 48.0 Å². The summed E-state index contributed by atoms with van der Waals surface area (Å²) in [6.45, 7) is 6.91. The Bertz CT molecular complexity index is 999. The molecule has 1 atom stereocenters. The molecular formula is C21H29IN8. The van der Waals surface area contributed by atoms with Gasteiger partial charge in [0.25, 0.3) is 0 Å². The van der Waals surface area contributed by atoms with E-state index in [4.69, 9.17) is 5.73 Å². The summed E-state index contributed by atoms with van der Waals surface area (Å²) in [4.78, 5) is 11.4. The third-order valence-electron chi connectivity index (χ3n) is 5.36. The van der Waals surface area contributed by atoms with Crippen molar-refractivity contribution >= 4 is 47.1 Å². The van der Waals surface area contributed by atoms with E-state index in [0.29, 0.717) is 24.3 Å². The van der Waals surface area contributed by atoms with Crippen molar-refractivity contribution in [1.82, 2.24) is 19.6 Å². The van der Waals surface area contributed by atoms with Gasteiger partial charge in [-0.05, 0) is 42.4 Å². The third kappa shape index (κ3) is 5.18. The zero-order valence-electron chi connectivity index (χ0n) is 17.4. The molecule has 0 bridgehead atoms. The summed E-state index contributed by atoms with van der Waals surface area (Å²) >= 11 is 0. The first-order valence-corrected chi connectivity index (χ1v) is 10.2. The van der Waals surface area contributed by atoms with Crippen molar-refractivity contribution in [3.05, 3.63) is 48.5 Å². The lowest BCUT2D eigenvalue weighted by molar-refractivity contribution is 0.422. The molecule has 30 heavy (non-hydrogen) atoms. The number of nitrogens with zero attached hydrogens (tertiary/aromatic N) is 6. The van der Waals surface area contributed by atoms with Gasteiger partial charge >= 0.3 is 0 Å². The molecule has 1 saturated heterocycles. The molecule has 3 aromatic rings. The maximum atomic E-state index is 6.15. The highest BCUT2D eigenvalue weighted by Gasteiger charge is 2.23. The summed E-state index contributed by atoms with van der Waals surface area (Å²) in [5.74, 6) is 2.25. The van der Waals surface area contributed by atoms with Gasteiger partial charge in [-0.3, -0.25) is 9.39 Å². The second-order valence-corrected chi connectivity index (χ2v) is 7.90. The summed E-state index contributed by atoms with van der Waals surface area (Å²) in [6, 6.07) is 8.31. The fourth-order valence-electron chi connectivity index (χ4n) is 3.77. The average molecular weight is 520 g/mol. The summed E-state index contributed by atoms with van der Waals surface area (Å²) in [6.07, 6.45) is 7.59. The van der Waals surface area contributed by atoms with E-state index in [1.54, 1.807) is 12.5 Å². The fourth-order valence-corrected chi connectivity index (χ4v) is 3.77. The number of aromatic nitrogens is 4. The van der Waals surface area contributed by atoms with Gasteiger partial charge in [-0.1, -0.05) is 26.0 Å². The number of piperidine rings is 1. The Morgan fingerprint density at radius 1 is 1.37 bits per heavy atom. The van der Waals surface area contributed by atoms with E-state index in [9.17, 15) is 0 Å². The third-order valence-corrected chi connectivity index (χ3v) is 5.36. The van der Waals surface area contributed by atoms with Gasteiger partial charge in [0, 0.05) is 37.7 Å². The van der Waals surface area contributed by atoms with E-state index in [0.717, 1.165) is 43.1 Å². The van der Waals surface area contributed by atoms with Gasteiger partial charge < -0.3 is 16.0 Å². The molecule has 1 unspecified atom stereocenters. The van der Waals surface area contributed by atoms with Crippen LogP contribution in [0.5, 0.6) is 0 Å². The maximum absolute atomic E-state index is 6.15. The minimum Gasteiger partial charge on any atom is -0.370 e. The number of halogens is 1. The SMILES string of the molecule is CC(C)c1cccc(NC(N)=NCC2CCCN(c3nccn4cnnc34)C2)c1.I. The van der Waals surface area contributed by atoms with Crippen LogP contribution in [0.1, 0.15) is 38.2 Å². The van der Waals surface area contributed by atoms with Crippen LogP contribution < -0.4 is 16.0 Å². The van der Waals surface area contributed by atoms with E-state index in [-0.39, 0.29) is 24.0 Å². The lowest BCUT2D eigenvalue weighted by atomic mass is 9.98. The number of anilines is 2. The number of hydrogen-bond donors (Lipinski definition) is 2. The van der Waals surface area contributed by atoms with E-state index >= 15 is 0 Å². The fraction of sp³-hybridized carbons (Fsp3) is 0.429. The first-order chi connectivity index (χ1) is 14.1. The quantitative estimate of drug-likeness (QED) is 0.304. The summed E-state index contributed by atoms with van der Waals surface area (Å²) < 4.78 is 1.90. The molecular weight excluding hydrogens is 491 g/mol. The second kappa shape index (κ2) is 10.1. The van der Waals surface area contributed by atoms with Crippen molar-refractivity contribution < 1.29 is 0 Å². The van der Waals surface area contributed by atoms with E-state index in [1.807, 2.05) is 22.7 Å². The van der Waals surface area contributed by atoms with E-state index in [2.05, 4.69) is 56.4 Å². The van der Waals surface area contributed by atoms with Crippen LogP contribution in [0.2, 0.25) is 0 Å². The predicted octanol–water partition coefficient (Wildman–Crippen LogP) is 3.51. The van der Waals surface area contributed by atoms with Crippen molar-refractivity contribution in [1.29, 1.82) is 0 Å². The van der Waals surface area contributed by atoms with Crippen molar-refractivity contribution in [3.8, 4) is 0 Å². The van der Waals surface area contributed by atoms with Gasteiger partial charge in [-0.25, -0.2) is 4.98 Å². The molecule has 1 aliphatic rings. The number of fused-ring (bicyclic) bond motifs is 1. The Balaban J connectivity index is 0.00000256. The van der Waals surface area contributed by atoms with Crippen molar-refractivity contribution in [3.63, 3.8) is 0 Å². The van der Waals surface area contributed by atoms with Crippen LogP contribution in [0, 0.1) is 5.92 Å². The zero-order valence-corrected chi connectivity index (χ0v) is 19.7. The molecule has 4 rings (SSSR count). The highest BCUT2D eigenvalue weighted by Crippen LogP contribution is 2.24. The van der Waals surface area contributed by atoms with Gasteiger partial charge in [0.1, 0.15) is 6.33 Å². The molecule has 8 nitrogen and oxygen atoms in total. The van der Waals surface area contributed by atoms with Crippen LogP contribution >= 0.6 is 24.0 Å². The van der Waals surface area contributed by atoms with Crippen LogP contribution in [0.4, 0.5) is 11.5 Å². The lowest BCUT2D eigenvalue weighted by Crippen LogP contribution is -2.38. The number of aliphatic imine (C=N–C) groups is 1. The minimum atomic E-state index is 0. The molecule has 2 aromatic heterocycles. The van der Waals surface area contributed by atoms with Crippen molar-refractivity contribution in [2.45, 2.75) is 32.6 Å². The number of rotatable bonds is 5. The normalized spacial score (nSPS) is 17.2. The molecule has 1 aliphatic heterocycles. The monoisotopic (exact) mass is 520 g/mol. The zero-order chi connectivity index (χ0) is 20.2. The van der Waals surface area contributed by atoms with Crippen LogP contribution in [0.25, 0.3) is 5.65 Å². The smallest absolute Gasteiger partial charge is 0.203 e. The molecule has 3 N–H and O–H groups in total. The van der Waals surface area contributed by atoms with Crippen molar-refractivity contribution in [2.75, 3.05) is 29.9 Å². The van der Waals surface area contributed by atoms with E-state index in [1.165, 1.54) is 5.56 Å². The number of nitrogens with two attached hydrogens (primary N) is 1. The number of nitrogens with one attached hydrogen (secondary N) is 1. The van der Waals surface area contributed by atoms with Gasteiger partial charge in [0.15, 0.2) is 11.8 Å². The van der Waals surface area contributed by atoms with Crippen LogP contribution in [-0.2, 0) is 0 Å². The molecule has 1 aromatic carbocycles. The average Bonchev–Trinajstić information content (AvgIpc) is 3.21. The first-order valence-electron chi connectivity index (χ1n) is 10.2. The van der Waals surface area contributed by atoms with Crippen LogP contribution in [-0.4, -0.2) is 45.2 Å². The Hall–Kier alpha value is -2.43. The van der Waals surface area contributed by atoms with Gasteiger partial charge in [-0.15, -0.1) is 34.2 Å². The van der Waals surface area contributed by atoms with Gasteiger partial charge in [-0.2, -0.15) is 0 Å². The molecule has 0 amide bonds. The predicted molar refractivity (Wildman–Crippen MR) is 132 cm³/mol. The maximum Gasteiger partial charge on any atom is 0.203 e. The molecule has 0 saturated carbocycles. The Morgan fingerprint density at radius 3 is 3.07 bits per heavy atom. The standard InChI is InChI=1S/C21H28N8.HI/c1-15(2)17-6-3-7-18(11-17)26-21(22)24-12-16-5-4-9-28(13-16)19-20-27-25-14-29(20)10-8-23-19;/h3,6-8,10-11,14-16H,4-5,9,12-13H2,1-2H3,(H3,22,24,26);1H. The Labute approximate surface area is 194 Å². The topological polar surface area (TPSA) is 96.7 Å². The van der Waals surface area contributed by atoms with Gasteiger partial charge in [0.2, 0.25) is 5.65 Å². The molecule has 0 spiro atoms. The lowest BCUT2D eigenvalue weighted by Gasteiger charge is -2.32. The number of hydrogen-bond acceptors (Lipinski definition) is 5. The molecule has 3 heterocycles. The minimum absolute atomic E-state index is 0. The molecule has 160 valence electrons. The highest BCUT2D eigenvalue weighted by molar-refractivity contribution is 14.0. The summed E-state index contributed by atoms with van der Waals surface area (Å²) in [5, 5.41) is 11.4. The Morgan fingerprint density at radius 2 is 2.23 bits per heavy atom. The first kappa shape index (κ1) is 22.3. The summed E-state index contributed by atoms with van der Waals surface area (Å²) in [7, 11) is 0. The van der Waals surface area contributed by atoms with Crippen LogP contribution in [0.3, 0.4) is 0 Å². The second-order valence-electron chi connectivity index (χ2n) is 7.90. The molecule has 1 fully saturated rings. The molecule has 0 radical (unpaired) electrons. The molecule has 0 aliphatic carbocycles. The Kier molecular flexibility index (Phi) is 7.46. The van der Waals surface area contributed by atoms with E-state index < -0.39 is 0 Å². The molecule has 9 heteroatoms. The highest BCUT2D eigenvalue weighted by atomic mass is 127. The van der Waals surface area contributed by atoms with Crippen molar-refractivity contribution in [2.24, 2.45) is 16.6 Å². The number of guanidine groups is 1. The number of benzene rings is 1.